The summed E-state index contributed by atoms with van der Waals surface area (Å²) >= 11 is 0. The maximum absolute atomic E-state index is 14.5. The predicted octanol–water partition coefficient (Wildman–Crippen LogP) is 4.69. The van der Waals surface area contributed by atoms with E-state index < -0.39 is 24.5 Å². The van der Waals surface area contributed by atoms with Gasteiger partial charge in [0.05, 0.1) is 29.6 Å². The Hall–Kier alpha value is -3.96. The number of nitriles is 1. The molecule has 0 fully saturated rings. The van der Waals surface area contributed by atoms with Crippen molar-refractivity contribution in [1.82, 2.24) is 4.98 Å². The fourth-order valence-corrected chi connectivity index (χ4v) is 3.14. The van der Waals surface area contributed by atoms with Crippen molar-refractivity contribution < 1.29 is 28.5 Å². The summed E-state index contributed by atoms with van der Waals surface area (Å²) in [6.07, 6.45) is -0.573. The summed E-state index contributed by atoms with van der Waals surface area (Å²) in [5.41, 5.74) is 2.19. The van der Waals surface area contributed by atoms with Gasteiger partial charge in [-0.05, 0) is 67.9 Å². The average Bonchev–Trinajstić information content (AvgIpc) is 2.81. The van der Waals surface area contributed by atoms with Gasteiger partial charge in [0.25, 0.3) is 0 Å². The van der Waals surface area contributed by atoms with E-state index in [1.165, 1.54) is 18.2 Å². The Labute approximate surface area is 191 Å². The van der Waals surface area contributed by atoms with Crippen molar-refractivity contribution in [3.05, 3.63) is 77.2 Å². The van der Waals surface area contributed by atoms with Gasteiger partial charge in [-0.15, -0.1) is 0 Å². The van der Waals surface area contributed by atoms with Gasteiger partial charge in [-0.3, -0.25) is 0 Å². The number of aliphatic carboxylic acids is 1. The zero-order valence-corrected chi connectivity index (χ0v) is 18.2. The largest absolute Gasteiger partial charge is 0.482 e. The molecular formula is C25H23FN2O5. The lowest BCUT2D eigenvalue weighted by Crippen LogP contribution is -2.16. The van der Waals surface area contributed by atoms with Crippen LogP contribution in [0.2, 0.25) is 0 Å². The first kappa shape index (κ1) is 23.7. The van der Waals surface area contributed by atoms with Crippen LogP contribution in [-0.2, 0) is 9.53 Å². The molecule has 8 heteroatoms. The Morgan fingerprint density at radius 3 is 2.70 bits per heavy atom. The number of pyridine rings is 1. The molecule has 1 heterocycles. The van der Waals surface area contributed by atoms with Gasteiger partial charge in [-0.25, -0.2) is 14.2 Å². The molecule has 170 valence electrons. The van der Waals surface area contributed by atoms with Crippen LogP contribution in [0.5, 0.6) is 11.5 Å². The lowest BCUT2D eigenvalue weighted by Gasteiger charge is -2.20. The first-order chi connectivity index (χ1) is 15.9. The van der Waals surface area contributed by atoms with Crippen LogP contribution in [0.4, 0.5) is 4.39 Å². The summed E-state index contributed by atoms with van der Waals surface area (Å²) < 4.78 is 31.5. The van der Waals surface area contributed by atoms with Crippen molar-refractivity contribution in [2.45, 2.75) is 20.0 Å². The second-order valence-electron chi connectivity index (χ2n) is 7.13. The number of carboxylic acid groups (broad SMARTS) is 1. The number of aryl methyl sites for hydroxylation is 1. The Kier molecular flexibility index (Phi) is 7.95. The molecule has 0 radical (unpaired) electrons. The summed E-state index contributed by atoms with van der Waals surface area (Å²) in [6.45, 7) is 3.92. The minimum Gasteiger partial charge on any atom is -0.482 e. The van der Waals surface area contributed by atoms with Crippen molar-refractivity contribution in [1.29, 1.82) is 5.26 Å². The topological polar surface area (TPSA) is 102 Å². The normalized spacial score (nSPS) is 11.5. The van der Waals surface area contributed by atoms with E-state index in [-0.39, 0.29) is 17.7 Å². The monoisotopic (exact) mass is 450 g/mol. The Balaban J connectivity index is 1.86. The van der Waals surface area contributed by atoms with Gasteiger partial charge in [0, 0.05) is 12.2 Å². The number of nitrogens with zero attached hydrogens (tertiary/aromatic N) is 2. The third-order valence-electron chi connectivity index (χ3n) is 4.72. The summed E-state index contributed by atoms with van der Waals surface area (Å²) in [6, 6.07) is 16.4. The molecule has 0 bridgehead atoms. The molecule has 1 aromatic heterocycles. The minimum absolute atomic E-state index is 0.221. The highest BCUT2D eigenvalue weighted by Crippen LogP contribution is 2.29. The van der Waals surface area contributed by atoms with E-state index in [4.69, 9.17) is 24.6 Å². The van der Waals surface area contributed by atoms with Crippen LogP contribution in [0.1, 0.15) is 29.8 Å². The van der Waals surface area contributed by atoms with Crippen molar-refractivity contribution in [3.8, 4) is 28.8 Å². The van der Waals surface area contributed by atoms with Gasteiger partial charge < -0.3 is 19.3 Å². The van der Waals surface area contributed by atoms with Crippen LogP contribution in [0.15, 0.2) is 54.6 Å². The van der Waals surface area contributed by atoms with E-state index in [9.17, 15) is 9.18 Å². The highest BCUT2D eigenvalue weighted by Gasteiger charge is 2.18. The minimum atomic E-state index is -1.06. The highest BCUT2D eigenvalue weighted by molar-refractivity contribution is 5.68. The van der Waals surface area contributed by atoms with Crippen molar-refractivity contribution >= 4 is 5.97 Å². The Bertz CT molecular complexity index is 1180. The quantitative estimate of drug-likeness (QED) is 0.478. The van der Waals surface area contributed by atoms with E-state index in [1.54, 1.807) is 43.3 Å². The number of rotatable bonds is 10. The maximum atomic E-state index is 14.5. The van der Waals surface area contributed by atoms with E-state index >= 15 is 0 Å². The molecule has 1 N–H and O–H groups in total. The lowest BCUT2D eigenvalue weighted by atomic mass is 10.1. The SMILES string of the molecule is CCOC[C@H](Oc1ccc(OCC(=O)O)c(C)c1)c1cccc(-c2ccc(C#N)cc2F)n1. The van der Waals surface area contributed by atoms with E-state index in [0.717, 1.165) is 0 Å². The fourth-order valence-electron chi connectivity index (χ4n) is 3.14. The fraction of sp³-hybridized carbons (Fsp3) is 0.240. The summed E-state index contributed by atoms with van der Waals surface area (Å²) in [7, 11) is 0. The van der Waals surface area contributed by atoms with Crippen LogP contribution < -0.4 is 9.47 Å². The zero-order chi connectivity index (χ0) is 23.8. The third-order valence-corrected chi connectivity index (χ3v) is 4.72. The molecule has 0 unspecified atom stereocenters. The molecule has 33 heavy (non-hydrogen) atoms. The molecule has 0 amide bonds. The number of ether oxygens (including phenoxy) is 3. The average molecular weight is 450 g/mol. The lowest BCUT2D eigenvalue weighted by molar-refractivity contribution is -0.139. The first-order valence-corrected chi connectivity index (χ1v) is 10.3. The molecule has 0 aliphatic carbocycles. The molecular weight excluding hydrogens is 427 g/mol. The molecule has 0 saturated carbocycles. The van der Waals surface area contributed by atoms with Gasteiger partial charge in [0.15, 0.2) is 12.7 Å². The van der Waals surface area contributed by atoms with Gasteiger partial charge in [0.1, 0.15) is 17.3 Å². The van der Waals surface area contributed by atoms with E-state index in [1.807, 2.05) is 13.0 Å². The molecule has 0 spiro atoms. The van der Waals surface area contributed by atoms with Crippen LogP contribution in [-0.4, -0.2) is 35.9 Å². The molecule has 3 aromatic rings. The smallest absolute Gasteiger partial charge is 0.341 e. The number of halogens is 1. The van der Waals surface area contributed by atoms with Crippen molar-refractivity contribution in [2.75, 3.05) is 19.8 Å². The van der Waals surface area contributed by atoms with Gasteiger partial charge in [-0.2, -0.15) is 5.26 Å². The standard InChI is InChI=1S/C25H23FN2O5/c1-3-31-14-24(33-18-8-10-23(16(2)11-18)32-15-25(29)30)22-6-4-5-21(28-22)19-9-7-17(13-27)12-20(19)26/h4-12,24H,3,14-15H2,1-2H3,(H,29,30)/t24-/m0/s1. The summed E-state index contributed by atoms with van der Waals surface area (Å²) in [5, 5.41) is 17.7. The molecule has 3 rings (SSSR count). The number of benzene rings is 2. The van der Waals surface area contributed by atoms with Crippen LogP contribution >= 0.6 is 0 Å². The Morgan fingerprint density at radius 2 is 2.03 bits per heavy atom. The van der Waals surface area contributed by atoms with Crippen LogP contribution in [0, 0.1) is 24.1 Å². The maximum Gasteiger partial charge on any atom is 0.341 e. The number of carboxylic acids is 1. The Morgan fingerprint density at radius 1 is 1.21 bits per heavy atom. The molecule has 0 aliphatic rings. The van der Waals surface area contributed by atoms with Crippen molar-refractivity contribution in [2.24, 2.45) is 0 Å². The summed E-state index contributed by atoms with van der Waals surface area (Å²) in [5.74, 6) is -0.621. The molecule has 2 aromatic carbocycles. The molecule has 7 nitrogen and oxygen atoms in total. The third kappa shape index (κ3) is 6.28. The summed E-state index contributed by atoms with van der Waals surface area (Å²) in [4.78, 5) is 15.3. The molecule has 0 saturated heterocycles. The van der Waals surface area contributed by atoms with Gasteiger partial charge in [0.2, 0.25) is 0 Å². The number of aromatic nitrogens is 1. The second kappa shape index (κ2) is 11.1. The van der Waals surface area contributed by atoms with Gasteiger partial charge >= 0.3 is 5.97 Å². The number of hydrogen-bond donors (Lipinski definition) is 1. The molecule has 1 atom stereocenters. The van der Waals surface area contributed by atoms with Gasteiger partial charge in [-0.1, -0.05) is 6.07 Å². The first-order valence-electron chi connectivity index (χ1n) is 10.3. The predicted molar refractivity (Wildman–Crippen MR) is 119 cm³/mol. The molecule has 0 aliphatic heterocycles. The van der Waals surface area contributed by atoms with E-state index in [2.05, 4.69) is 4.98 Å². The van der Waals surface area contributed by atoms with Crippen molar-refractivity contribution in [3.63, 3.8) is 0 Å². The number of hydrogen-bond acceptors (Lipinski definition) is 6. The van der Waals surface area contributed by atoms with Crippen LogP contribution in [0.3, 0.4) is 0 Å². The number of carbonyl (C=O) groups is 1. The van der Waals surface area contributed by atoms with E-state index in [0.29, 0.717) is 35.1 Å². The highest BCUT2D eigenvalue weighted by atomic mass is 19.1. The second-order valence-corrected chi connectivity index (χ2v) is 7.13. The zero-order valence-electron chi connectivity index (χ0n) is 18.2. The van der Waals surface area contributed by atoms with Crippen LogP contribution in [0.25, 0.3) is 11.3 Å².